The second-order valence-corrected chi connectivity index (χ2v) is 3.68. The quantitative estimate of drug-likeness (QED) is 0.250. The van der Waals surface area contributed by atoms with Gasteiger partial charge in [-0.3, -0.25) is 19.9 Å². The maximum absolute atomic E-state index is 11.8. The standard InChI is InChI=1S/C9H16N4O3/c1-3-4-6-8(15)13(9(16)11-6)5(2)7(14)12-10/h5-6H,3-4,10H2,1-2H3,(H,11,16)(H,12,14). The number of hydrogen-bond donors (Lipinski definition) is 3. The van der Waals surface area contributed by atoms with Crippen LogP contribution in [0.15, 0.2) is 0 Å². The lowest BCUT2D eigenvalue weighted by molar-refractivity contribution is -0.135. The summed E-state index contributed by atoms with van der Waals surface area (Å²) in [6, 6.07) is -1.95. The Kier molecular flexibility index (Phi) is 3.83. The van der Waals surface area contributed by atoms with Crippen molar-refractivity contribution in [1.29, 1.82) is 0 Å². The van der Waals surface area contributed by atoms with Gasteiger partial charge in [0.1, 0.15) is 12.1 Å². The number of carbonyl (C=O) groups excluding carboxylic acids is 3. The van der Waals surface area contributed by atoms with E-state index in [4.69, 9.17) is 5.84 Å². The molecule has 2 atom stereocenters. The number of carbonyl (C=O) groups is 3. The first-order chi connectivity index (χ1) is 7.52. The summed E-state index contributed by atoms with van der Waals surface area (Å²) >= 11 is 0. The first-order valence-corrected chi connectivity index (χ1v) is 5.17. The molecular weight excluding hydrogens is 212 g/mol. The lowest BCUT2D eigenvalue weighted by atomic mass is 10.1. The van der Waals surface area contributed by atoms with Gasteiger partial charge in [0, 0.05) is 0 Å². The Morgan fingerprint density at radius 2 is 2.25 bits per heavy atom. The number of rotatable bonds is 4. The fraction of sp³-hybridized carbons (Fsp3) is 0.667. The van der Waals surface area contributed by atoms with Crippen LogP contribution in [0.2, 0.25) is 0 Å². The van der Waals surface area contributed by atoms with Crippen LogP contribution in [-0.2, 0) is 9.59 Å². The van der Waals surface area contributed by atoms with Gasteiger partial charge in [0.2, 0.25) is 0 Å². The number of imide groups is 1. The minimum Gasteiger partial charge on any atom is -0.326 e. The Morgan fingerprint density at radius 3 is 2.75 bits per heavy atom. The van der Waals surface area contributed by atoms with Gasteiger partial charge >= 0.3 is 6.03 Å². The average Bonchev–Trinajstić information content (AvgIpc) is 2.53. The van der Waals surface area contributed by atoms with Crippen LogP contribution in [-0.4, -0.2) is 34.8 Å². The van der Waals surface area contributed by atoms with Gasteiger partial charge in [-0.05, 0) is 13.3 Å². The second-order valence-electron chi connectivity index (χ2n) is 3.68. The molecule has 4 amide bonds. The molecule has 0 aromatic rings. The van der Waals surface area contributed by atoms with E-state index < -0.39 is 24.0 Å². The Morgan fingerprint density at radius 1 is 1.62 bits per heavy atom. The predicted octanol–water partition coefficient (Wildman–Crippen LogP) is -0.915. The smallest absolute Gasteiger partial charge is 0.325 e. The van der Waals surface area contributed by atoms with Crippen molar-refractivity contribution in [3.63, 3.8) is 0 Å². The van der Waals surface area contributed by atoms with Crippen molar-refractivity contribution < 1.29 is 14.4 Å². The third kappa shape index (κ3) is 2.13. The predicted molar refractivity (Wildman–Crippen MR) is 55.9 cm³/mol. The number of hydrazine groups is 1. The minimum absolute atomic E-state index is 0.372. The van der Waals surface area contributed by atoms with Crippen molar-refractivity contribution in [1.82, 2.24) is 15.6 Å². The zero-order valence-electron chi connectivity index (χ0n) is 9.32. The molecule has 0 aromatic heterocycles. The average molecular weight is 228 g/mol. The van der Waals surface area contributed by atoms with E-state index in [2.05, 4.69) is 5.32 Å². The fourth-order valence-electron chi connectivity index (χ4n) is 1.64. The van der Waals surface area contributed by atoms with Gasteiger partial charge in [-0.15, -0.1) is 0 Å². The van der Waals surface area contributed by atoms with E-state index in [0.717, 1.165) is 11.3 Å². The number of hydrogen-bond acceptors (Lipinski definition) is 4. The summed E-state index contributed by atoms with van der Waals surface area (Å²) in [5.74, 6) is 4.01. The highest BCUT2D eigenvalue weighted by atomic mass is 16.2. The molecule has 4 N–H and O–H groups in total. The van der Waals surface area contributed by atoms with Crippen LogP contribution >= 0.6 is 0 Å². The Labute approximate surface area is 93.3 Å². The Hall–Kier alpha value is -1.63. The summed E-state index contributed by atoms with van der Waals surface area (Å²) < 4.78 is 0. The van der Waals surface area contributed by atoms with Crippen molar-refractivity contribution in [3.05, 3.63) is 0 Å². The summed E-state index contributed by atoms with van der Waals surface area (Å²) in [5.41, 5.74) is 1.92. The van der Waals surface area contributed by atoms with Crippen LogP contribution in [0.5, 0.6) is 0 Å². The number of urea groups is 1. The zero-order chi connectivity index (χ0) is 12.3. The van der Waals surface area contributed by atoms with Crippen LogP contribution in [0, 0.1) is 0 Å². The highest BCUT2D eigenvalue weighted by Crippen LogP contribution is 2.14. The molecular formula is C9H16N4O3. The molecule has 16 heavy (non-hydrogen) atoms. The Bertz CT molecular complexity index is 318. The monoisotopic (exact) mass is 228 g/mol. The van der Waals surface area contributed by atoms with Crippen molar-refractivity contribution in [3.8, 4) is 0 Å². The van der Waals surface area contributed by atoms with Crippen LogP contribution in [0.3, 0.4) is 0 Å². The lowest BCUT2D eigenvalue weighted by Crippen LogP contribution is -2.50. The van der Waals surface area contributed by atoms with Crippen LogP contribution in [0.25, 0.3) is 0 Å². The van der Waals surface area contributed by atoms with Crippen LogP contribution in [0.4, 0.5) is 4.79 Å². The molecule has 90 valence electrons. The van der Waals surface area contributed by atoms with Gasteiger partial charge in [0.25, 0.3) is 11.8 Å². The number of nitrogens with zero attached hydrogens (tertiary/aromatic N) is 1. The molecule has 0 radical (unpaired) electrons. The van der Waals surface area contributed by atoms with Crippen LogP contribution < -0.4 is 16.6 Å². The fourth-order valence-corrected chi connectivity index (χ4v) is 1.64. The van der Waals surface area contributed by atoms with Gasteiger partial charge in [-0.25, -0.2) is 10.6 Å². The molecule has 0 saturated carbocycles. The van der Waals surface area contributed by atoms with E-state index in [1.807, 2.05) is 12.3 Å². The highest BCUT2D eigenvalue weighted by molar-refractivity contribution is 6.07. The first kappa shape index (κ1) is 12.4. The number of nitrogens with two attached hydrogens (primary N) is 1. The largest absolute Gasteiger partial charge is 0.326 e. The first-order valence-electron chi connectivity index (χ1n) is 5.17. The molecule has 1 aliphatic heterocycles. The van der Waals surface area contributed by atoms with Gasteiger partial charge in [0.15, 0.2) is 0 Å². The Balaban J connectivity index is 2.78. The molecule has 0 spiro atoms. The summed E-state index contributed by atoms with van der Waals surface area (Å²) in [6.07, 6.45) is 1.35. The normalized spacial score (nSPS) is 21.9. The molecule has 1 aliphatic rings. The third-order valence-electron chi connectivity index (χ3n) is 2.54. The molecule has 1 heterocycles. The SMILES string of the molecule is CCCC1NC(=O)N(C(C)C(=O)NN)C1=O. The third-order valence-corrected chi connectivity index (χ3v) is 2.54. The van der Waals surface area contributed by atoms with Crippen molar-refractivity contribution in [2.75, 3.05) is 0 Å². The van der Waals surface area contributed by atoms with E-state index in [1.165, 1.54) is 6.92 Å². The van der Waals surface area contributed by atoms with Gasteiger partial charge < -0.3 is 5.32 Å². The minimum atomic E-state index is -0.889. The number of amides is 4. The van der Waals surface area contributed by atoms with Crippen LogP contribution in [0.1, 0.15) is 26.7 Å². The maximum Gasteiger partial charge on any atom is 0.325 e. The molecule has 0 aromatic carbocycles. The molecule has 0 bridgehead atoms. The molecule has 1 rings (SSSR count). The molecule has 2 unspecified atom stereocenters. The summed E-state index contributed by atoms with van der Waals surface area (Å²) in [6.45, 7) is 3.37. The van der Waals surface area contributed by atoms with Gasteiger partial charge in [-0.2, -0.15) is 0 Å². The van der Waals surface area contributed by atoms with E-state index in [0.29, 0.717) is 6.42 Å². The molecule has 1 fully saturated rings. The van der Waals surface area contributed by atoms with E-state index in [9.17, 15) is 14.4 Å². The molecule has 7 heteroatoms. The second kappa shape index (κ2) is 4.93. The zero-order valence-corrected chi connectivity index (χ0v) is 9.32. The molecule has 0 aliphatic carbocycles. The molecule has 1 saturated heterocycles. The summed E-state index contributed by atoms with van der Waals surface area (Å²) in [4.78, 5) is 35.4. The highest BCUT2D eigenvalue weighted by Gasteiger charge is 2.42. The summed E-state index contributed by atoms with van der Waals surface area (Å²) in [7, 11) is 0. The van der Waals surface area contributed by atoms with E-state index >= 15 is 0 Å². The van der Waals surface area contributed by atoms with E-state index in [1.54, 1.807) is 0 Å². The molecule has 7 nitrogen and oxygen atoms in total. The van der Waals surface area contributed by atoms with Crippen molar-refractivity contribution in [2.45, 2.75) is 38.8 Å². The van der Waals surface area contributed by atoms with Gasteiger partial charge in [0.05, 0.1) is 0 Å². The topological polar surface area (TPSA) is 105 Å². The lowest BCUT2D eigenvalue weighted by Gasteiger charge is -2.19. The van der Waals surface area contributed by atoms with Gasteiger partial charge in [-0.1, -0.05) is 13.3 Å². The maximum atomic E-state index is 11.8. The summed E-state index contributed by atoms with van der Waals surface area (Å²) in [5, 5.41) is 2.53. The van der Waals surface area contributed by atoms with Crippen molar-refractivity contribution in [2.24, 2.45) is 5.84 Å². The van der Waals surface area contributed by atoms with Crippen molar-refractivity contribution >= 4 is 17.8 Å². The van der Waals surface area contributed by atoms with E-state index in [-0.39, 0.29) is 5.91 Å². The number of nitrogens with one attached hydrogen (secondary N) is 2.